The first kappa shape index (κ1) is 17.2. The Bertz CT molecular complexity index is 499. The Kier molecular flexibility index (Phi) is 7.45. The Labute approximate surface area is 127 Å². The summed E-state index contributed by atoms with van der Waals surface area (Å²) in [6.07, 6.45) is 2.04. The molecular formula is C14H20N2O4S. The number of aryl methyl sites for hydroxylation is 1. The number of imide groups is 1. The predicted molar refractivity (Wildman–Crippen MR) is 80.2 cm³/mol. The molecule has 0 aliphatic rings. The van der Waals surface area contributed by atoms with Gasteiger partial charge in [-0.2, -0.15) is 0 Å². The number of amides is 3. The molecule has 1 heterocycles. The molecule has 3 amide bonds. The zero-order valence-corrected chi connectivity index (χ0v) is 12.8. The van der Waals surface area contributed by atoms with E-state index in [9.17, 15) is 14.4 Å². The lowest BCUT2D eigenvalue weighted by atomic mass is 10.2. The van der Waals surface area contributed by atoms with Gasteiger partial charge in [-0.05, 0) is 31.4 Å². The van der Waals surface area contributed by atoms with Crippen molar-refractivity contribution in [3.05, 3.63) is 21.9 Å². The molecule has 0 bridgehead atoms. The maximum Gasteiger partial charge on any atom is 0.321 e. The summed E-state index contributed by atoms with van der Waals surface area (Å²) in [5, 5.41) is 13.3. The fourth-order valence-corrected chi connectivity index (χ4v) is 2.57. The summed E-state index contributed by atoms with van der Waals surface area (Å²) >= 11 is 1.63. The summed E-state index contributed by atoms with van der Waals surface area (Å²) in [6.45, 7) is 2.46. The second kappa shape index (κ2) is 9.12. The molecule has 6 nitrogen and oxygen atoms in total. The monoisotopic (exact) mass is 312 g/mol. The smallest absolute Gasteiger partial charge is 0.321 e. The molecule has 116 valence electrons. The highest BCUT2D eigenvalue weighted by Gasteiger charge is 2.08. The van der Waals surface area contributed by atoms with E-state index in [4.69, 9.17) is 5.11 Å². The van der Waals surface area contributed by atoms with Gasteiger partial charge in [-0.15, -0.1) is 11.3 Å². The SMILES string of the molecule is CCc1ccc(CNC(=O)NC(=O)CCCCC(=O)O)s1. The Balaban J connectivity index is 2.17. The molecule has 3 N–H and O–H groups in total. The first-order valence-corrected chi connectivity index (χ1v) is 7.70. The minimum atomic E-state index is -0.879. The number of rotatable bonds is 8. The highest BCUT2D eigenvalue weighted by molar-refractivity contribution is 7.11. The van der Waals surface area contributed by atoms with Crippen LogP contribution < -0.4 is 10.6 Å². The molecule has 0 saturated carbocycles. The van der Waals surface area contributed by atoms with Gasteiger partial charge in [0.15, 0.2) is 0 Å². The average molecular weight is 312 g/mol. The van der Waals surface area contributed by atoms with Crippen molar-refractivity contribution in [1.82, 2.24) is 10.6 Å². The molecule has 7 heteroatoms. The lowest BCUT2D eigenvalue weighted by molar-refractivity contribution is -0.137. The zero-order valence-electron chi connectivity index (χ0n) is 12.0. The average Bonchev–Trinajstić information content (AvgIpc) is 2.89. The number of unbranched alkanes of at least 4 members (excludes halogenated alkanes) is 1. The molecule has 1 aromatic rings. The van der Waals surface area contributed by atoms with Gasteiger partial charge in [0, 0.05) is 22.6 Å². The standard InChI is InChI=1S/C14H20N2O4S/c1-2-10-7-8-11(21-10)9-15-14(20)16-12(17)5-3-4-6-13(18)19/h7-8H,2-6,9H2,1H3,(H,18,19)(H2,15,16,17,20). The number of hydrogen-bond acceptors (Lipinski definition) is 4. The van der Waals surface area contributed by atoms with Crippen LogP contribution in [-0.2, 0) is 22.6 Å². The third-order valence-electron chi connectivity index (χ3n) is 2.79. The number of carbonyl (C=O) groups excluding carboxylic acids is 2. The van der Waals surface area contributed by atoms with Crippen LogP contribution in [0.4, 0.5) is 4.79 Å². The highest BCUT2D eigenvalue weighted by Crippen LogP contribution is 2.16. The van der Waals surface area contributed by atoms with Gasteiger partial charge in [-0.3, -0.25) is 14.9 Å². The van der Waals surface area contributed by atoms with Crippen LogP contribution >= 0.6 is 11.3 Å². The van der Waals surface area contributed by atoms with Gasteiger partial charge in [0.25, 0.3) is 0 Å². The van der Waals surface area contributed by atoms with Crippen LogP contribution in [-0.4, -0.2) is 23.0 Å². The number of carbonyl (C=O) groups is 3. The Hall–Kier alpha value is -1.89. The maximum atomic E-state index is 11.5. The van der Waals surface area contributed by atoms with Crippen molar-refractivity contribution in [3.63, 3.8) is 0 Å². The number of carboxylic acid groups (broad SMARTS) is 1. The van der Waals surface area contributed by atoms with E-state index < -0.39 is 17.9 Å². The van der Waals surface area contributed by atoms with E-state index in [1.807, 2.05) is 12.1 Å². The van der Waals surface area contributed by atoms with Crippen molar-refractivity contribution >= 4 is 29.2 Å². The zero-order chi connectivity index (χ0) is 15.7. The quantitative estimate of drug-likeness (QED) is 0.642. The van der Waals surface area contributed by atoms with Crippen LogP contribution in [0.3, 0.4) is 0 Å². The molecule has 0 aromatic carbocycles. The molecule has 21 heavy (non-hydrogen) atoms. The van der Waals surface area contributed by atoms with Gasteiger partial charge in [0.1, 0.15) is 0 Å². The van der Waals surface area contributed by atoms with Crippen LogP contribution in [0, 0.1) is 0 Å². The summed E-state index contributed by atoms with van der Waals surface area (Å²) in [5.74, 6) is -1.27. The summed E-state index contributed by atoms with van der Waals surface area (Å²) in [5.41, 5.74) is 0. The minimum Gasteiger partial charge on any atom is -0.481 e. The second-order valence-corrected chi connectivity index (χ2v) is 5.81. The molecular weight excluding hydrogens is 292 g/mol. The van der Waals surface area contributed by atoms with E-state index in [2.05, 4.69) is 17.6 Å². The highest BCUT2D eigenvalue weighted by atomic mass is 32.1. The molecule has 0 spiro atoms. The maximum absolute atomic E-state index is 11.5. The molecule has 0 radical (unpaired) electrons. The predicted octanol–water partition coefficient (Wildman–Crippen LogP) is 2.28. The van der Waals surface area contributed by atoms with Crippen LogP contribution in [0.1, 0.15) is 42.4 Å². The Morgan fingerprint density at radius 1 is 1.14 bits per heavy atom. The van der Waals surface area contributed by atoms with Crippen LogP contribution in [0.25, 0.3) is 0 Å². The van der Waals surface area contributed by atoms with E-state index in [1.165, 1.54) is 4.88 Å². The van der Waals surface area contributed by atoms with E-state index >= 15 is 0 Å². The minimum absolute atomic E-state index is 0.0393. The molecule has 0 atom stereocenters. The van der Waals surface area contributed by atoms with Gasteiger partial charge in [0.2, 0.25) is 5.91 Å². The molecule has 1 aromatic heterocycles. The largest absolute Gasteiger partial charge is 0.481 e. The van der Waals surface area contributed by atoms with Crippen molar-refractivity contribution < 1.29 is 19.5 Å². The van der Waals surface area contributed by atoms with Gasteiger partial charge >= 0.3 is 12.0 Å². The summed E-state index contributed by atoms with van der Waals surface area (Å²) in [4.78, 5) is 35.5. The van der Waals surface area contributed by atoms with Crippen molar-refractivity contribution in [1.29, 1.82) is 0 Å². The Morgan fingerprint density at radius 3 is 2.43 bits per heavy atom. The number of nitrogens with one attached hydrogen (secondary N) is 2. The van der Waals surface area contributed by atoms with E-state index in [-0.39, 0.29) is 12.8 Å². The van der Waals surface area contributed by atoms with Gasteiger partial charge in [-0.1, -0.05) is 6.92 Å². The second-order valence-electron chi connectivity index (χ2n) is 4.55. The lowest BCUT2D eigenvalue weighted by Crippen LogP contribution is -2.38. The molecule has 1 rings (SSSR count). The fourth-order valence-electron chi connectivity index (χ4n) is 1.67. The van der Waals surface area contributed by atoms with Crippen molar-refractivity contribution in [3.8, 4) is 0 Å². The van der Waals surface area contributed by atoms with Crippen molar-refractivity contribution in [2.75, 3.05) is 0 Å². The number of carboxylic acids is 1. The van der Waals surface area contributed by atoms with Crippen LogP contribution in [0.5, 0.6) is 0 Å². The number of aliphatic carboxylic acids is 1. The summed E-state index contributed by atoms with van der Waals surface area (Å²) in [7, 11) is 0. The van der Waals surface area contributed by atoms with Crippen molar-refractivity contribution in [2.24, 2.45) is 0 Å². The summed E-state index contributed by atoms with van der Waals surface area (Å²) < 4.78 is 0. The van der Waals surface area contributed by atoms with Crippen LogP contribution in [0.2, 0.25) is 0 Å². The van der Waals surface area contributed by atoms with E-state index in [0.717, 1.165) is 11.3 Å². The topological polar surface area (TPSA) is 95.5 Å². The number of hydrogen-bond donors (Lipinski definition) is 3. The first-order valence-electron chi connectivity index (χ1n) is 6.88. The van der Waals surface area contributed by atoms with Gasteiger partial charge in [-0.25, -0.2) is 4.79 Å². The molecule has 0 unspecified atom stereocenters. The number of thiophene rings is 1. The Morgan fingerprint density at radius 2 is 1.81 bits per heavy atom. The van der Waals surface area contributed by atoms with Crippen molar-refractivity contribution in [2.45, 2.75) is 45.6 Å². The number of urea groups is 1. The fraction of sp³-hybridized carbons (Fsp3) is 0.500. The lowest BCUT2D eigenvalue weighted by Gasteiger charge is -2.05. The molecule has 0 saturated heterocycles. The molecule has 0 aliphatic heterocycles. The van der Waals surface area contributed by atoms with E-state index in [0.29, 0.717) is 19.4 Å². The normalized spacial score (nSPS) is 10.1. The molecule has 0 aliphatic carbocycles. The van der Waals surface area contributed by atoms with Gasteiger partial charge < -0.3 is 10.4 Å². The summed E-state index contributed by atoms with van der Waals surface area (Å²) in [6, 6.07) is 3.45. The van der Waals surface area contributed by atoms with Crippen LogP contribution in [0.15, 0.2) is 12.1 Å². The van der Waals surface area contributed by atoms with Gasteiger partial charge in [0.05, 0.1) is 6.54 Å². The third-order valence-corrected chi connectivity index (χ3v) is 4.02. The third kappa shape index (κ3) is 7.45. The first-order chi connectivity index (χ1) is 10.0. The molecule has 0 fully saturated rings. The van der Waals surface area contributed by atoms with E-state index in [1.54, 1.807) is 11.3 Å².